The molecule has 1 aliphatic heterocycles. The SMILES string of the molecule is CC1CCC(C)N1C(C)C(=O)NC(CN)C1CC1. The van der Waals surface area contributed by atoms with E-state index in [1.54, 1.807) is 0 Å². The number of carbonyl (C=O) groups excluding carboxylic acids is 1. The number of nitrogens with two attached hydrogens (primary N) is 1. The van der Waals surface area contributed by atoms with Crippen molar-refractivity contribution in [2.75, 3.05) is 6.54 Å². The molecule has 0 aromatic carbocycles. The van der Waals surface area contributed by atoms with Gasteiger partial charge in [-0.05, 0) is 52.4 Å². The van der Waals surface area contributed by atoms with Gasteiger partial charge >= 0.3 is 0 Å². The molecule has 0 spiro atoms. The van der Waals surface area contributed by atoms with E-state index in [1.807, 2.05) is 6.92 Å². The van der Waals surface area contributed by atoms with E-state index in [-0.39, 0.29) is 18.0 Å². The minimum Gasteiger partial charge on any atom is -0.350 e. The third-order valence-corrected chi connectivity index (χ3v) is 4.62. The molecule has 104 valence electrons. The van der Waals surface area contributed by atoms with Crippen molar-refractivity contribution in [3.8, 4) is 0 Å². The van der Waals surface area contributed by atoms with E-state index < -0.39 is 0 Å². The third kappa shape index (κ3) is 2.86. The first-order valence-electron chi connectivity index (χ1n) is 7.32. The molecule has 1 aliphatic carbocycles. The van der Waals surface area contributed by atoms with Gasteiger partial charge in [-0.3, -0.25) is 9.69 Å². The molecule has 4 nitrogen and oxygen atoms in total. The molecule has 0 aromatic heterocycles. The fraction of sp³-hybridized carbons (Fsp3) is 0.929. The van der Waals surface area contributed by atoms with Gasteiger partial charge in [0.25, 0.3) is 0 Å². The topological polar surface area (TPSA) is 58.4 Å². The lowest BCUT2D eigenvalue weighted by atomic mass is 10.1. The van der Waals surface area contributed by atoms with Gasteiger partial charge in [-0.15, -0.1) is 0 Å². The lowest BCUT2D eigenvalue weighted by molar-refractivity contribution is -0.127. The second-order valence-corrected chi connectivity index (χ2v) is 6.09. The lowest BCUT2D eigenvalue weighted by Crippen LogP contribution is -2.53. The van der Waals surface area contributed by atoms with Crippen LogP contribution in [0.25, 0.3) is 0 Å². The normalized spacial score (nSPS) is 32.2. The Balaban J connectivity index is 1.91. The summed E-state index contributed by atoms with van der Waals surface area (Å²) in [5.74, 6) is 0.775. The standard InChI is InChI=1S/C14H27N3O/c1-9-4-5-10(2)17(9)11(3)14(18)16-13(8-15)12-6-7-12/h9-13H,4-8,15H2,1-3H3,(H,16,18). The molecule has 0 bridgehead atoms. The Hall–Kier alpha value is -0.610. The second-order valence-electron chi connectivity index (χ2n) is 6.09. The molecule has 0 aromatic rings. The molecule has 3 N–H and O–H groups in total. The van der Waals surface area contributed by atoms with E-state index in [1.165, 1.54) is 25.7 Å². The number of rotatable bonds is 5. The van der Waals surface area contributed by atoms with E-state index in [0.717, 1.165) is 0 Å². The summed E-state index contributed by atoms with van der Waals surface area (Å²) in [4.78, 5) is 14.7. The maximum absolute atomic E-state index is 12.3. The predicted molar refractivity (Wildman–Crippen MR) is 73.2 cm³/mol. The van der Waals surface area contributed by atoms with Crippen LogP contribution in [0.4, 0.5) is 0 Å². The van der Waals surface area contributed by atoms with Crippen molar-refractivity contribution < 1.29 is 4.79 Å². The summed E-state index contributed by atoms with van der Waals surface area (Å²) in [5, 5.41) is 3.14. The zero-order valence-electron chi connectivity index (χ0n) is 11.9. The molecular weight excluding hydrogens is 226 g/mol. The van der Waals surface area contributed by atoms with Crippen LogP contribution in [-0.2, 0) is 4.79 Å². The highest BCUT2D eigenvalue weighted by molar-refractivity contribution is 5.81. The first kappa shape index (κ1) is 13.8. The highest BCUT2D eigenvalue weighted by Crippen LogP contribution is 2.32. The minimum atomic E-state index is -0.0368. The smallest absolute Gasteiger partial charge is 0.237 e. The summed E-state index contributed by atoms with van der Waals surface area (Å²) in [6.07, 6.45) is 4.82. The Morgan fingerprint density at radius 2 is 1.83 bits per heavy atom. The number of carbonyl (C=O) groups is 1. The van der Waals surface area contributed by atoms with Crippen LogP contribution in [0.3, 0.4) is 0 Å². The van der Waals surface area contributed by atoms with Crippen LogP contribution in [0.2, 0.25) is 0 Å². The fourth-order valence-electron chi connectivity index (χ4n) is 3.28. The number of nitrogens with one attached hydrogen (secondary N) is 1. The molecule has 2 aliphatic rings. The highest BCUT2D eigenvalue weighted by atomic mass is 16.2. The van der Waals surface area contributed by atoms with Crippen LogP contribution in [0, 0.1) is 5.92 Å². The van der Waals surface area contributed by atoms with E-state index in [2.05, 4.69) is 24.1 Å². The van der Waals surface area contributed by atoms with Gasteiger partial charge in [0.15, 0.2) is 0 Å². The van der Waals surface area contributed by atoms with Gasteiger partial charge in [0, 0.05) is 24.7 Å². The zero-order chi connectivity index (χ0) is 13.3. The van der Waals surface area contributed by atoms with Gasteiger partial charge in [0.2, 0.25) is 5.91 Å². The molecule has 0 radical (unpaired) electrons. The van der Waals surface area contributed by atoms with Crippen LogP contribution in [-0.4, -0.2) is 41.5 Å². The first-order chi connectivity index (χ1) is 8.54. The number of nitrogens with zero attached hydrogens (tertiary/aromatic N) is 1. The summed E-state index contributed by atoms with van der Waals surface area (Å²) in [7, 11) is 0. The van der Waals surface area contributed by atoms with Crippen molar-refractivity contribution in [2.24, 2.45) is 11.7 Å². The van der Waals surface area contributed by atoms with E-state index >= 15 is 0 Å². The van der Waals surface area contributed by atoms with Crippen LogP contribution in [0.1, 0.15) is 46.5 Å². The maximum atomic E-state index is 12.3. The number of hydrogen-bond acceptors (Lipinski definition) is 3. The Bertz CT molecular complexity index is 293. The van der Waals surface area contributed by atoms with Crippen LogP contribution in [0.5, 0.6) is 0 Å². The highest BCUT2D eigenvalue weighted by Gasteiger charge is 2.37. The Morgan fingerprint density at radius 3 is 2.28 bits per heavy atom. The quantitative estimate of drug-likeness (QED) is 0.771. The third-order valence-electron chi connectivity index (χ3n) is 4.62. The van der Waals surface area contributed by atoms with Gasteiger partial charge in [-0.1, -0.05) is 0 Å². The monoisotopic (exact) mass is 253 g/mol. The molecule has 18 heavy (non-hydrogen) atoms. The fourth-order valence-corrected chi connectivity index (χ4v) is 3.28. The van der Waals surface area contributed by atoms with Gasteiger partial charge in [0.05, 0.1) is 6.04 Å². The van der Waals surface area contributed by atoms with Crippen molar-refractivity contribution >= 4 is 5.91 Å². The van der Waals surface area contributed by atoms with Crippen LogP contribution in [0.15, 0.2) is 0 Å². The Labute approximate surface area is 110 Å². The molecule has 2 fully saturated rings. The second kappa shape index (κ2) is 5.57. The molecule has 4 unspecified atom stereocenters. The largest absolute Gasteiger partial charge is 0.350 e. The molecule has 4 heteroatoms. The van der Waals surface area contributed by atoms with Gasteiger partial charge in [0.1, 0.15) is 0 Å². The zero-order valence-corrected chi connectivity index (χ0v) is 11.9. The number of amides is 1. The summed E-state index contributed by atoms with van der Waals surface area (Å²) >= 11 is 0. The van der Waals surface area contributed by atoms with Crippen molar-refractivity contribution in [3.63, 3.8) is 0 Å². The predicted octanol–water partition coefficient (Wildman–Crippen LogP) is 1.10. The average Bonchev–Trinajstić information content (AvgIpc) is 3.12. The summed E-state index contributed by atoms with van der Waals surface area (Å²) in [6, 6.07) is 1.18. The van der Waals surface area contributed by atoms with Crippen molar-refractivity contribution in [3.05, 3.63) is 0 Å². The van der Waals surface area contributed by atoms with Crippen LogP contribution < -0.4 is 11.1 Å². The molecular formula is C14H27N3O. The van der Waals surface area contributed by atoms with Gasteiger partial charge in [-0.25, -0.2) is 0 Å². The Morgan fingerprint density at radius 1 is 1.28 bits per heavy atom. The van der Waals surface area contributed by atoms with E-state index in [9.17, 15) is 4.79 Å². The molecule has 1 saturated carbocycles. The molecule has 4 atom stereocenters. The average molecular weight is 253 g/mol. The maximum Gasteiger partial charge on any atom is 0.237 e. The van der Waals surface area contributed by atoms with E-state index in [0.29, 0.717) is 24.5 Å². The van der Waals surface area contributed by atoms with Crippen molar-refractivity contribution in [1.29, 1.82) is 0 Å². The lowest BCUT2D eigenvalue weighted by Gasteiger charge is -2.32. The minimum absolute atomic E-state index is 0.0368. The molecule has 1 amide bonds. The van der Waals surface area contributed by atoms with E-state index in [4.69, 9.17) is 5.73 Å². The first-order valence-corrected chi connectivity index (χ1v) is 7.32. The van der Waals surface area contributed by atoms with Gasteiger partial charge in [-0.2, -0.15) is 0 Å². The molecule has 1 saturated heterocycles. The Kier molecular flexibility index (Phi) is 4.28. The van der Waals surface area contributed by atoms with Crippen molar-refractivity contribution in [1.82, 2.24) is 10.2 Å². The van der Waals surface area contributed by atoms with Crippen LogP contribution >= 0.6 is 0 Å². The number of hydrogen-bond donors (Lipinski definition) is 2. The summed E-state index contributed by atoms with van der Waals surface area (Å²) in [5.41, 5.74) is 5.74. The molecule has 1 heterocycles. The molecule has 2 rings (SSSR count). The summed E-state index contributed by atoms with van der Waals surface area (Å²) < 4.78 is 0. The van der Waals surface area contributed by atoms with Gasteiger partial charge < -0.3 is 11.1 Å². The summed E-state index contributed by atoms with van der Waals surface area (Å²) in [6.45, 7) is 7.02. The van der Waals surface area contributed by atoms with Crippen molar-refractivity contribution in [2.45, 2.75) is 70.6 Å². The number of likely N-dealkylation sites (tertiary alicyclic amines) is 1.